The zero-order valence-corrected chi connectivity index (χ0v) is 22.6. The summed E-state index contributed by atoms with van der Waals surface area (Å²) in [5.41, 5.74) is 3.58. The highest BCUT2D eigenvalue weighted by Gasteiger charge is 2.29. The van der Waals surface area contributed by atoms with Gasteiger partial charge in [-0.3, -0.25) is 14.9 Å². The van der Waals surface area contributed by atoms with Crippen molar-refractivity contribution in [1.82, 2.24) is 5.32 Å². The van der Waals surface area contributed by atoms with Gasteiger partial charge in [0.1, 0.15) is 0 Å². The first-order chi connectivity index (χ1) is 18.7. The van der Waals surface area contributed by atoms with Gasteiger partial charge in [0.15, 0.2) is 0 Å². The van der Waals surface area contributed by atoms with Gasteiger partial charge in [-0.15, -0.1) is 0 Å². The summed E-state index contributed by atoms with van der Waals surface area (Å²) in [7, 11) is 0. The summed E-state index contributed by atoms with van der Waals surface area (Å²) in [6, 6.07) is 20.6. The Morgan fingerprint density at radius 3 is 2.31 bits per heavy atom. The number of hydrogen-bond acceptors (Lipinski definition) is 6. The van der Waals surface area contributed by atoms with Crippen LogP contribution in [0, 0.1) is 22.0 Å². The van der Waals surface area contributed by atoms with Crippen molar-refractivity contribution in [3.8, 4) is 0 Å². The number of hydrogen-bond donors (Lipinski definition) is 1. The predicted molar refractivity (Wildman–Crippen MR) is 151 cm³/mol. The molecule has 0 bridgehead atoms. The molecule has 8 heteroatoms. The topological polar surface area (TPSA) is 102 Å². The molecule has 0 aromatic heterocycles. The summed E-state index contributed by atoms with van der Waals surface area (Å²) in [5, 5.41) is 14.9. The summed E-state index contributed by atoms with van der Waals surface area (Å²) in [4.78, 5) is 39.0. The van der Waals surface area contributed by atoms with Crippen LogP contribution in [-0.4, -0.2) is 36.5 Å². The van der Waals surface area contributed by atoms with E-state index in [9.17, 15) is 19.7 Å². The van der Waals surface area contributed by atoms with Crippen LogP contribution in [0.5, 0.6) is 0 Å². The maximum Gasteiger partial charge on any atom is 0.338 e. The molecule has 1 aliphatic rings. The number of amides is 1. The summed E-state index contributed by atoms with van der Waals surface area (Å²) in [6.07, 6.45) is 1.22. The molecule has 3 aromatic rings. The molecule has 3 aromatic carbocycles. The second-order valence-electron chi connectivity index (χ2n) is 10.4. The van der Waals surface area contributed by atoms with Crippen LogP contribution in [0.15, 0.2) is 72.8 Å². The van der Waals surface area contributed by atoms with Gasteiger partial charge in [-0.25, -0.2) is 4.79 Å². The van der Waals surface area contributed by atoms with Gasteiger partial charge >= 0.3 is 5.97 Å². The molecule has 204 valence electrons. The molecule has 0 aliphatic carbocycles. The van der Waals surface area contributed by atoms with Crippen LogP contribution < -0.4 is 10.2 Å². The Balaban J connectivity index is 1.66. The Bertz CT molecular complexity index is 1300. The van der Waals surface area contributed by atoms with E-state index in [1.54, 1.807) is 37.3 Å². The Morgan fingerprint density at radius 1 is 1.03 bits per heavy atom. The first kappa shape index (κ1) is 27.8. The third-order valence-electron chi connectivity index (χ3n) is 7.01. The van der Waals surface area contributed by atoms with E-state index in [0.717, 1.165) is 36.3 Å². The molecule has 0 saturated carbocycles. The van der Waals surface area contributed by atoms with Crippen LogP contribution in [0.3, 0.4) is 0 Å². The fourth-order valence-corrected chi connectivity index (χ4v) is 5.39. The lowest BCUT2D eigenvalue weighted by Gasteiger charge is -2.38. The molecule has 0 spiro atoms. The maximum atomic E-state index is 13.4. The minimum atomic E-state index is -0.583. The lowest BCUT2D eigenvalue weighted by Crippen LogP contribution is -2.40. The van der Waals surface area contributed by atoms with Gasteiger partial charge in [0.25, 0.3) is 5.69 Å². The highest BCUT2D eigenvalue weighted by molar-refractivity contribution is 5.89. The van der Waals surface area contributed by atoms with E-state index in [-0.39, 0.29) is 18.0 Å². The number of non-ortho nitro benzene ring substituents is 1. The number of ether oxygens (including phenoxy) is 1. The largest absolute Gasteiger partial charge is 0.462 e. The smallest absolute Gasteiger partial charge is 0.338 e. The van der Waals surface area contributed by atoms with Crippen LogP contribution in [0.25, 0.3) is 0 Å². The van der Waals surface area contributed by atoms with Crippen molar-refractivity contribution in [2.75, 3.05) is 24.6 Å². The summed E-state index contributed by atoms with van der Waals surface area (Å²) in [6.45, 7) is 8.17. The quantitative estimate of drug-likeness (QED) is 0.217. The van der Waals surface area contributed by atoms with Gasteiger partial charge < -0.3 is 15.0 Å². The van der Waals surface area contributed by atoms with Gasteiger partial charge in [0.05, 0.1) is 29.6 Å². The number of nitrogens with one attached hydrogen (secondary N) is 1. The Labute approximate surface area is 229 Å². The number of benzene rings is 3. The second-order valence-corrected chi connectivity index (χ2v) is 10.4. The molecule has 4 rings (SSSR count). The van der Waals surface area contributed by atoms with E-state index >= 15 is 0 Å². The molecule has 8 nitrogen and oxygen atoms in total. The molecule has 1 saturated heterocycles. The van der Waals surface area contributed by atoms with Gasteiger partial charge in [0.2, 0.25) is 5.91 Å². The zero-order valence-electron chi connectivity index (χ0n) is 22.6. The highest BCUT2D eigenvalue weighted by Crippen LogP contribution is 2.36. The van der Waals surface area contributed by atoms with Gasteiger partial charge in [-0.05, 0) is 54.5 Å². The van der Waals surface area contributed by atoms with Gasteiger partial charge in [0, 0.05) is 36.5 Å². The molecule has 1 N–H and O–H groups in total. The number of nitro groups is 1. The normalized spacial score (nSPS) is 17.8. The summed E-state index contributed by atoms with van der Waals surface area (Å²) in [5.74, 6) is 0.334. The Kier molecular flexibility index (Phi) is 8.96. The molecular formula is C31H35N3O5. The van der Waals surface area contributed by atoms with E-state index in [0.29, 0.717) is 29.6 Å². The van der Waals surface area contributed by atoms with Crippen molar-refractivity contribution in [2.24, 2.45) is 11.8 Å². The Hall–Kier alpha value is -4.20. The highest BCUT2D eigenvalue weighted by atomic mass is 16.6. The fraction of sp³-hybridized carbons (Fsp3) is 0.355. The minimum Gasteiger partial charge on any atom is -0.462 e. The van der Waals surface area contributed by atoms with E-state index < -0.39 is 16.9 Å². The lowest BCUT2D eigenvalue weighted by atomic mass is 9.89. The molecule has 3 atom stereocenters. The van der Waals surface area contributed by atoms with Crippen molar-refractivity contribution < 1.29 is 19.2 Å². The first-order valence-corrected chi connectivity index (χ1v) is 13.4. The van der Waals surface area contributed by atoms with Gasteiger partial charge in [-0.1, -0.05) is 56.3 Å². The average Bonchev–Trinajstić information content (AvgIpc) is 2.92. The maximum absolute atomic E-state index is 13.4. The average molecular weight is 530 g/mol. The van der Waals surface area contributed by atoms with E-state index in [4.69, 9.17) is 4.74 Å². The summed E-state index contributed by atoms with van der Waals surface area (Å²) < 4.78 is 5.03. The number of carbonyl (C=O) groups is 2. The molecule has 1 aliphatic heterocycles. The third-order valence-corrected chi connectivity index (χ3v) is 7.01. The molecule has 1 heterocycles. The number of carbonyl (C=O) groups excluding carboxylic acids is 2. The number of esters is 1. The monoisotopic (exact) mass is 529 g/mol. The summed E-state index contributed by atoms with van der Waals surface area (Å²) >= 11 is 0. The molecule has 39 heavy (non-hydrogen) atoms. The molecule has 1 unspecified atom stereocenters. The number of nitrogens with zero attached hydrogens (tertiary/aromatic N) is 2. The minimum absolute atomic E-state index is 0.0170. The second kappa shape index (κ2) is 12.6. The van der Waals surface area contributed by atoms with E-state index in [1.807, 2.05) is 36.4 Å². The SMILES string of the molecule is CCOC(=O)c1ccc(CC(=O)NC(c2ccccc2)c2cc([N+](=O)[O-])ccc2N2C[C@H](C)C[C@H](C)C2)cc1. The molecule has 0 radical (unpaired) electrons. The zero-order chi connectivity index (χ0) is 27.9. The lowest BCUT2D eigenvalue weighted by molar-refractivity contribution is -0.384. The molecular weight excluding hydrogens is 494 g/mol. The van der Waals surface area contributed by atoms with Crippen LogP contribution in [0.1, 0.15) is 60.3 Å². The number of piperidine rings is 1. The Morgan fingerprint density at radius 2 is 1.69 bits per heavy atom. The molecule has 1 fully saturated rings. The van der Waals surface area contributed by atoms with Crippen molar-refractivity contribution in [1.29, 1.82) is 0 Å². The fourth-order valence-electron chi connectivity index (χ4n) is 5.39. The first-order valence-electron chi connectivity index (χ1n) is 13.4. The standard InChI is InChI=1S/C31H35N3O5/c1-4-39-31(36)25-12-10-23(11-13-25)17-29(35)32-30(24-8-6-5-7-9-24)27-18-26(34(37)38)14-15-28(27)33-19-21(2)16-22(3)20-33/h5-15,18,21-22,30H,4,16-17,19-20H2,1-3H3,(H,32,35)/t21-,22+,30?. The van der Waals surface area contributed by atoms with Crippen molar-refractivity contribution in [3.05, 3.63) is 105 Å². The number of nitro benzene ring substituents is 1. The van der Waals surface area contributed by atoms with Crippen LogP contribution in [0.4, 0.5) is 11.4 Å². The van der Waals surface area contributed by atoms with Gasteiger partial charge in [-0.2, -0.15) is 0 Å². The molecule has 1 amide bonds. The van der Waals surface area contributed by atoms with Crippen LogP contribution >= 0.6 is 0 Å². The third kappa shape index (κ3) is 7.02. The van der Waals surface area contributed by atoms with E-state index in [2.05, 4.69) is 24.1 Å². The predicted octanol–water partition coefficient (Wildman–Crippen LogP) is 5.70. The van der Waals surface area contributed by atoms with E-state index in [1.165, 1.54) is 6.07 Å². The van der Waals surface area contributed by atoms with Crippen LogP contribution in [-0.2, 0) is 16.0 Å². The van der Waals surface area contributed by atoms with Crippen molar-refractivity contribution in [2.45, 2.75) is 39.7 Å². The number of rotatable bonds is 9. The number of anilines is 1. The van der Waals surface area contributed by atoms with Crippen LogP contribution in [0.2, 0.25) is 0 Å². The van der Waals surface area contributed by atoms with Crippen molar-refractivity contribution >= 4 is 23.3 Å². The van der Waals surface area contributed by atoms with Crippen molar-refractivity contribution in [3.63, 3.8) is 0 Å².